The lowest BCUT2D eigenvalue weighted by molar-refractivity contribution is 1.50. The van der Waals surface area contributed by atoms with Crippen molar-refractivity contribution in [1.29, 1.82) is 0 Å². The summed E-state index contributed by atoms with van der Waals surface area (Å²) in [6, 6.07) is 30.8. The fourth-order valence-corrected chi connectivity index (χ4v) is 2.72. The van der Waals surface area contributed by atoms with E-state index in [1.54, 1.807) is 5.57 Å². The Hall–Kier alpha value is -3.64. The summed E-state index contributed by atoms with van der Waals surface area (Å²) < 4.78 is 0. The van der Waals surface area contributed by atoms with Crippen molar-refractivity contribution in [3.05, 3.63) is 150 Å². The molecular weight excluding hydrogens is 360 g/mol. The molecule has 0 amide bonds. The Bertz CT molecular complexity index is 960. The predicted octanol–water partition coefficient (Wildman–Crippen LogP) is 8.39. The van der Waals surface area contributed by atoms with Gasteiger partial charge < -0.3 is 0 Å². The molecule has 0 unspecified atom stereocenters. The molecule has 3 aromatic rings. The van der Waals surface area contributed by atoms with E-state index in [4.69, 9.17) is 0 Å². The van der Waals surface area contributed by atoms with E-state index in [-0.39, 0.29) is 0 Å². The van der Waals surface area contributed by atoms with Crippen LogP contribution >= 0.6 is 0 Å². The lowest BCUT2D eigenvalue weighted by Gasteiger charge is -1.96. The van der Waals surface area contributed by atoms with E-state index in [2.05, 4.69) is 91.6 Å². The molecule has 0 nitrogen and oxygen atoms in total. The Morgan fingerprint density at radius 2 is 1.03 bits per heavy atom. The van der Waals surface area contributed by atoms with E-state index >= 15 is 0 Å². The van der Waals surface area contributed by atoms with Gasteiger partial charge >= 0.3 is 0 Å². The minimum atomic E-state index is 1.17. The van der Waals surface area contributed by atoms with Crippen LogP contribution in [-0.4, -0.2) is 0 Å². The van der Waals surface area contributed by atoms with E-state index in [0.29, 0.717) is 0 Å². The van der Waals surface area contributed by atoms with Gasteiger partial charge in [0.05, 0.1) is 0 Å². The van der Waals surface area contributed by atoms with E-state index < -0.39 is 0 Å². The zero-order chi connectivity index (χ0) is 20.9. The highest BCUT2D eigenvalue weighted by Gasteiger charge is 2.08. The molecule has 0 atom stereocenters. The molecule has 0 spiro atoms. The average Bonchev–Trinajstić information content (AvgIpc) is 3.65. The van der Waals surface area contributed by atoms with E-state index in [0.717, 1.165) is 0 Å². The van der Waals surface area contributed by atoms with Crippen molar-refractivity contribution in [2.24, 2.45) is 0 Å². The Labute approximate surface area is 180 Å². The molecule has 30 heavy (non-hydrogen) atoms. The molecule has 0 bridgehead atoms. The van der Waals surface area contributed by atoms with Gasteiger partial charge in [0, 0.05) is 0 Å². The molecule has 148 valence electrons. The Morgan fingerprint density at radius 1 is 0.600 bits per heavy atom. The number of benzene rings is 3. The molecular formula is C30H28. The van der Waals surface area contributed by atoms with Gasteiger partial charge in [0.2, 0.25) is 0 Å². The van der Waals surface area contributed by atoms with Crippen LogP contribution < -0.4 is 0 Å². The summed E-state index contributed by atoms with van der Waals surface area (Å²) in [5.41, 5.74) is 6.37. The van der Waals surface area contributed by atoms with Crippen molar-refractivity contribution in [2.45, 2.75) is 12.8 Å². The van der Waals surface area contributed by atoms with Crippen LogP contribution in [0.2, 0.25) is 0 Å². The summed E-state index contributed by atoms with van der Waals surface area (Å²) in [5.74, 6) is 0. The Morgan fingerprint density at radius 3 is 1.40 bits per heavy atom. The molecule has 0 radical (unpaired) electrons. The first kappa shape index (κ1) is 21.1. The lowest BCUT2D eigenvalue weighted by Crippen LogP contribution is -1.74. The number of allylic oxidation sites excluding steroid dienone is 6. The molecule has 1 aliphatic rings. The monoisotopic (exact) mass is 388 g/mol. The molecule has 4 rings (SSSR count). The van der Waals surface area contributed by atoms with Gasteiger partial charge in [-0.3, -0.25) is 0 Å². The highest BCUT2D eigenvalue weighted by molar-refractivity contribution is 5.60. The second kappa shape index (κ2) is 12.0. The van der Waals surface area contributed by atoms with Gasteiger partial charge in [-0.1, -0.05) is 146 Å². The minimum absolute atomic E-state index is 1.17. The fourth-order valence-electron chi connectivity index (χ4n) is 2.72. The minimum Gasteiger partial charge on any atom is -0.0985 e. The molecule has 0 heterocycles. The topological polar surface area (TPSA) is 0 Å². The Kier molecular flexibility index (Phi) is 8.46. The molecule has 1 fully saturated rings. The highest BCUT2D eigenvalue weighted by Crippen LogP contribution is 2.27. The Balaban J connectivity index is 0.000000269. The van der Waals surface area contributed by atoms with Crippen LogP contribution in [0.15, 0.2) is 133 Å². The highest BCUT2D eigenvalue weighted by atomic mass is 14.1. The van der Waals surface area contributed by atoms with Gasteiger partial charge in [0.25, 0.3) is 0 Å². The summed E-state index contributed by atoms with van der Waals surface area (Å²) in [7, 11) is 0. The fraction of sp³-hybridized carbons (Fsp3) is 0.0667. The first-order valence-corrected chi connectivity index (χ1v) is 10.4. The van der Waals surface area contributed by atoms with Crippen molar-refractivity contribution < 1.29 is 0 Å². The third-order valence-electron chi connectivity index (χ3n) is 4.62. The van der Waals surface area contributed by atoms with Crippen molar-refractivity contribution >= 4 is 18.2 Å². The van der Waals surface area contributed by atoms with Gasteiger partial charge in [-0.15, -0.1) is 0 Å². The summed E-state index contributed by atoms with van der Waals surface area (Å²) in [6.07, 6.45) is 17.5. The third kappa shape index (κ3) is 8.16. The largest absolute Gasteiger partial charge is 0.0985 e. The van der Waals surface area contributed by atoms with Crippen molar-refractivity contribution in [3.8, 4) is 0 Å². The second-order valence-electron chi connectivity index (χ2n) is 7.09. The van der Waals surface area contributed by atoms with Crippen LogP contribution in [0.1, 0.15) is 29.5 Å². The summed E-state index contributed by atoms with van der Waals surface area (Å²) >= 11 is 0. The van der Waals surface area contributed by atoms with E-state index in [1.807, 2.05) is 48.5 Å². The molecule has 0 heteroatoms. The lowest BCUT2D eigenvalue weighted by atomic mass is 10.1. The van der Waals surface area contributed by atoms with Crippen LogP contribution in [0.4, 0.5) is 0 Å². The second-order valence-corrected chi connectivity index (χ2v) is 7.09. The van der Waals surface area contributed by atoms with Gasteiger partial charge in [-0.25, -0.2) is 0 Å². The SMILES string of the molecule is C(=Cc1ccccc1)C(C=Cc1ccccc1)=CC=C1CC1.C=Cc1ccccc1. The molecule has 1 saturated carbocycles. The maximum atomic E-state index is 3.63. The average molecular weight is 389 g/mol. The van der Waals surface area contributed by atoms with Crippen molar-refractivity contribution in [2.75, 3.05) is 0 Å². The molecule has 0 aromatic heterocycles. The van der Waals surface area contributed by atoms with Crippen molar-refractivity contribution in [3.63, 3.8) is 0 Å². The zero-order valence-corrected chi connectivity index (χ0v) is 17.3. The predicted molar refractivity (Wildman–Crippen MR) is 133 cm³/mol. The van der Waals surface area contributed by atoms with Crippen LogP contribution in [-0.2, 0) is 0 Å². The maximum absolute atomic E-state index is 3.63. The quantitative estimate of drug-likeness (QED) is 0.372. The molecule has 1 aliphatic carbocycles. The van der Waals surface area contributed by atoms with Crippen LogP contribution in [0.5, 0.6) is 0 Å². The summed E-state index contributed by atoms with van der Waals surface area (Å²) in [6.45, 7) is 3.63. The number of hydrogen-bond acceptors (Lipinski definition) is 0. The summed E-state index contributed by atoms with van der Waals surface area (Å²) in [5, 5.41) is 0. The molecule has 0 saturated heterocycles. The van der Waals surface area contributed by atoms with Gasteiger partial charge in [-0.2, -0.15) is 0 Å². The van der Waals surface area contributed by atoms with Gasteiger partial charge in [0.15, 0.2) is 0 Å². The van der Waals surface area contributed by atoms with Gasteiger partial charge in [0.1, 0.15) is 0 Å². The van der Waals surface area contributed by atoms with E-state index in [1.165, 1.54) is 35.1 Å². The van der Waals surface area contributed by atoms with Gasteiger partial charge in [-0.05, 0) is 35.1 Å². The van der Waals surface area contributed by atoms with Crippen LogP contribution in [0, 0.1) is 0 Å². The smallest absolute Gasteiger partial charge is 0.0256 e. The third-order valence-corrected chi connectivity index (χ3v) is 4.62. The number of rotatable bonds is 6. The normalized spacial score (nSPS) is 12.2. The van der Waals surface area contributed by atoms with Crippen molar-refractivity contribution in [1.82, 2.24) is 0 Å². The summed E-state index contributed by atoms with van der Waals surface area (Å²) in [4.78, 5) is 0. The molecule has 3 aromatic carbocycles. The first-order chi connectivity index (χ1) is 14.8. The first-order valence-electron chi connectivity index (χ1n) is 10.4. The van der Waals surface area contributed by atoms with E-state index in [9.17, 15) is 0 Å². The van der Waals surface area contributed by atoms with Crippen LogP contribution in [0.25, 0.3) is 18.2 Å². The zero-order valence-electron chi connectivity index (χ0n) is 17.3. The molecule has 0 N–H and O–H groups in total. The standard InChI is InChI=1S/C22H20.C8H8/c1-3-7-19(8-4-1)11-13-21(15-16-22-17-18-22)14-12-20-9-5-2-6-10-20;1-2-8-6-4-3-5-7-8/h1-16H,17-18H2;2-7H,1H2. The number of hydrogen-bond donors (Lipinski definition) is 0. The molecule has 0 aliphatic heterocycles. The maximum Gasteiger partial charge on any atom is -0.0256 e. The van der Waals surface area contributed by atoms with Crippen LogP contribution in [0.3, 0.4) is 0 Å².